The smallest absolute Gasteiger partial charge is 0.128 e. The van der Waals surface area contributed by atoms with Gasteiger partial charge in [0, 0.05) is 24.0 Å². The maximum atomic E-state index is 5.79. The van der Waals surface area contributed by atoms with Crippen LogP contribution in [0.3, 0.4) is 0 Å². The Bertz CT molecular complexity index is 604. The molecule has 0 unspecified atom stereocenters. The molecule has 3 rings (SSSR count). The number of hydrogen-bond donors (Lipinski definition) is 0. The highest BCUT2D eigenvalue weighted by Crippen LogP contribution is 2.21. The molecule has 0 saturated carbocycles. The van der Waals surface area contributed by atoms with Gasteiger partial charge in [-0.05, 0) is 62.0 Å². The third-order valence-corrected chi connectivity index (χ3v) is 4.11. The summed E-state index contributed by atoms with van der Waals surface area (Å²) in [5, 5.41) is 12.8. The molecule has 0 spiro atoms. The van der Waals surface area contributed by atoms with Crippen molar-refractivity contribution in [3.8, 4) is 17.0 Å². The molecule has 6 heteroatoms. The van der Waals surface area contributed by atoms with Crippen molar-refractivity contribution in [1.29, 1.82) is 0 Å². The summed E-state index contributed by atoms with van der Waals surface area (Å²) in [4.78, 5) is 0. The van der Waals surface area contributed by atoms with Gasteiger partial charge in [0.15, 0.2) is 0 Å². The third-order valence-electron chi connectivity index (χ3n) is 3.60. The van der Waals surface area contributed by atoms with Gasteiger partial charge in [0.1, 0.15) is 18.1 Å². The Morgan fingerprint density at radius 1 is 1.23 bits per heavy atom. The van der Waals surface area contributed by atoms with Gasteiger partial charge >= 0.3 is 0 Å². The van der Waals surface area contributed by atoms with E-state index in [2.05, 4.69) is 19.7 Å². The lowest BCUT2D eigenvalue weighted by Crippen LogP contribution is -2.26. The fraction of sp³-hybridized carbons (Fsp3) is 0.438. The molecule has 0 aliphatic carbocycles. The monoisotopic (exact) mass is 316 g/mol. The Labute approximate surface area is 134 Å². The maximum Gasteiger partial charge on any atom is 0.128 e. The van der Waals surface area contributed by atoms with Gasteiger partial charge in [0.05, 0.1) is 5.71 Å². The Kier molecular flexibility index (Phi) is 5.00. The minimum atomic E-state index is 0.522. The first-order chi connectivity index (χ1) is 10.8. The molecule has 0 atom stereocenters. The minimum absolute atomic E-state index is 0.522. The molecule has 1 fully saturated rings. The topological polar surface area (TPSA) is 50.6 Å². The molecule has 2 heterocycles. The van der Waals surface area contributed by atoms with Gasteiger partial charge in [0.2, 0.25) is 0 Å². The van der Waals surface area contributed by atoms with Crippen LogP contribution in [0.1, 0.15) is 26.2 Å². The Morgan fingerprint density at radius 2 is 2.00 bits per heavy atom. The fourth-order valence-electron chi connectivity index (χ4n) is 2.45. The van der Waals surface area contributed by atoms with E-state index in [1.165, 1.54) is 30.8 Å². The van der Waals surface area contributed by atoms with Crippen LogP contribution in [0.2, 0.25) is 0 Å². The van der Waals surface area contributed by atoms with Crippen molar-refractivity contribution in [1.82, 2.24) is 14.6 Å². The SMILES string of the molecule is C/C(COc1ccc(-c2csnn2)cc1)=N\N1CCCCC1. The molecule has 5 nitrogen and oxygen atoms in total. The summed E-state index contributed by atoms with van der Waals surface area (Å²) < 4.78 is 9.67. The Balaban J connectivity index is 1.53. The molecule has 0 radical (unpaired) electrons. The fourth-order valence-corrected chi connectivity index (χ4v) is 2.91. The predicted octanol–water partition coefficient (Wildman–Crippen LogP) is 3.45. The number of hydrazone groups is 1. The number of benzene rings is 1. The quantitative estimate of drug-likeness (QED) is 0.793. The van der Waals surface area contributed by atoms with Crippen LogP contribution in [-0.4, -0.2) is 40.0 Å². The average molecular weight is 316 g/mol. The number of hydrogen-bond acceptors (Lipinski definition) is 6. The zero-order valence-electron chi connectivity index (χ0n) is 12.7. The van der Waals surface area contributed by atoms with Gasteiger partial charge in [-0.2, -0.15) is 5.10 Å². The summed E-state index contributed by atoms with van der Waals surface area (Å²) in [5.41, 5.74) is 2.97. The van der Waals surface area contributed by atoms with Crippen LogP contribution in [0, 0.1) is 0 Å². The van der Waals surface area contributed by atoms with Crippen LogP contribution in [0.5, 0.6) is 5.75 Å². The highest BCUT2D eigenvalue weighted by atomic mass is 32.1. The second kappa shape index (κ2) is 7.35. The number of piperidine rings is 1. The van der Waals surface area contributed by atoms with E-state index >= 15 is 0 Å². The zero-order chi connectivity index (χ0) is 15.2. The lowest BCUT2D eigenvalue weighted by Gasteiger charge is -2.24. The van der Waals surface area contributed by atoms with E-state index in [0.717, 1.165) is 35.8 Å². The van der Waals surface area contributed by atoms with Crippen LogP contribution < -0.4 is 4.74 Å². The van der Waals surface area contributed by atoms with E-state index in [-0.39, 0.29) is 0 Å². The van der Waals surface area contributed by atoms with E-state index < -0.39 is 0 Å². The second-order valence-corrected chi connectivity index (χ2v) is 6.06. The first-order valence-electron chi connectivity index (χ1n) is 7.60. The molecule has 116 valence electrons. The second-order valence-electron chi connectivity index (χ2n) is 5.45. The molecule has 0 amide bonds. The van der Waals surface area contributed by atoms with Crippen molar-refractivity contribution in [2.75, 3.05) is 19.7 Å². The van der Waals surface area contributed by atoms with Gasteiger partial charge in [-0.1, -0.05) is 4.49 Å². The van der Waals surface area contributed by atoms with Crippen LogP contribution >= 0.6 is 11.5 Å². The van der Waals surface area contributed by atoms with Crippen LogP contribution in [0.15, 0.2) is 34.7 Å². The van der Waals surface area contributed by atoms with Gasteiger partial charge in [-0.15, -0.1) is 5.10 Å². The molecule has 0 N–H and O–H groups in total. The lowest BCUT2D eigenvalue weighted by molar-refractivity contribution is 0.236. The first kappa shape index (κ1) is 15.0. The number of aromatic nitrogens is 2. The summed E-state index contributed by atoms with van der Waals surface area (Å²) in [7, 11) is 0. The maximum absolute atomic E-state index is 5.79. The lowest BCUT2D eigenvalue weighted by atomic mass is 10.2. The van der Waals surface area contributed by atoms with Gasteiger partial charge in [-0.25, -0.2) is 0 Å². The molecular weight excluding hydrogens is 296 g/mol. The zero-order valence-corrected chi connectivity index (χ0v) is 13.6. The standard InChI is InChI=1S/C16H20N4OS/c1-13(18-20-9-3-2-4-10-20)11-21-15-7-5-14(6-8-15)16-12-22-19-17-16/h5-8,12H,2-4,9-11H2,1H3/b18-13+. The predicted molar refractivity (Wildman–Crippen MR) is 89.4 cm³/mol. The third kappa shape index (κ3) is 4.04. The van der Waals surface area contributed by atoms with Crippen molar-refractivity contribution in [3.63, 3.8) is 0 Å². The largest absolute Gasteiger partial charge is 0.488 e. The van der Waals surface area contributed by atoms with Crippen LogP contribution in [0.4, 0.5) is 0 Å². The summed E-state index contributed by atoms with van der Waals surface area (Å²) in [6.07, 6.45) is 3.80. The Morgan fingerprint density at radius 3 is 2.68 bits per heavy atom. The average Bonchev–Trinajstić information content (AvgIpc) is 3.09. The van der Waals surface area contributed by atoms with Gasteiger partial charge in [0.25, 0.3) is 0 Å². The highest BCUT2D eigenvalue weighted by Gasteiger charge is 2.08. The molecule has 2 aromatic rings. The number of rotatable bonds is 5. The van der Waals surface area contributed by atoms with Crippen LogP contribution in [0.25, 0.3) is 11.3 Å². The molecule has 1 aromatic carbocycles. The molecule has 1 saturated heterocycles. The van der Waals surface area contributed by atoms with E-state index in [1.807, 2.05) is 36.6 Å². The van der Waals surface area contributed by atoms with E-state index in [9.17, 15) is 0 Å². The van der Waals surface area contributed by atoms with E-state index in [1.54, 1.807) is 0 Å². The number of nitrogens with zero attached hydrogens (tertiary/aromatic N) is 4. The molecule has 1 aromatic heterocycles. The molecule has 0 bridgehead atoms. The molecule has 1 aliphatic rings. The normalized spacial score (nSPS) is 15.9. The van der Waals surface area contributed by atoms with Gasteiger partial charge in [-0.3, -0.25) is 5.01 Å². The van der Waals surface area contributed by atoms with Crippen molar-refractivity contribution >= 4 is 17.2 Å². The van der Waals surface area contributed by atoms with Crippen molar-refractivity contribution in [2.45, 2.75) is 26.2 Å². The highest BCUT2D eigenvalue weighted by molar-refractivity contribution is 7.03. The van der Waals surface area contributed by atoms with E-state index in [4.69, 9.17) is 4.74 Å². The summed E-state index contributed by atoms with van der Waals surface area (Å²) in [5.74, 6) is 0.847. The molecule has 1 aliphatic heterocycles. The van der Waals surface area contributed by atoms with E-state index in [0.29, 0.717) is 6.61 Å². The van der Waals surface area contributed by atoms with Gasteiger partial charge < -0.3 is 4.74 Å². The first-order valence-corrected chi connectivity index (χ1v) is 8.44. The minimum Gasteiger partial charge on any atom is -0.488 e. The van der Waals surface area contributed by atoms with Crippen LogP contribution in [-0.2, 0) is 0 Å². The molecular formula is C16H20N4OS. The molecule has 22 heavy (non-hydrogen) atoms. The summed E-state index contributed by atoms with van der Waals surface area (Å²) in [6.45, 7) is 4.67. The van der Waals surface area contributed by atoms with Crippen molar-refractivity contribution in [3.05, 3.63) is 29.6 Å². The van der Waals surface area contributed by atoms with Crippen molar-refractivity contribution < 1.29 is 4.74 Å². The summed E-state index contributed by atoms with van der Waals surface area (Å²) in [6, 6.07) is 7.93. The number of ether oxygens (including phenoxy) is 1. The van der Waals surface area contributed by atoms with Crippen molar-refractivity contribution in [2.24, 2.45) is 5.10 Å². The summed E-state index contributed by atoms with van der Waals surface area (Å²) >= 11 is 1.36. The Hall–Kier alpha value is -1.95.